The molecule has 0 spiro atoms. The number of fused-ring (bicyclic) bond motifs is 1. The molecule has 2 aromatic rings. The Hall–Kier alpha value is -0.650. The van der Waals surface area contributed by atoms with Crippen LogP contribution >= 0.6 is 22.0 Å². The first-order valence-electron chi connectivity index (χ1n) is 5.33. The lowest BCUT2D eigenvalue weighted by atomic mass is 10.2. The molecule has 1 aromatic carbocycles. The predicted molar refractivity (Wildman–Crippen MR) is 70.1 cm³/mol. The van der Waals surface area contributed by atoms with E-state index in [1.54, 1.807) is 17.4 Å². The van der Waals surface area contributed by atoms with E-state index in [9.17, 15) is 8.42 Å². The van der Waals surface area contributed by atoms with Crippen LogP contribution in [0.5, 0.6) is 0 Å². The van der Waals surface area contributed by atoms with Crippen LogP contribution in [0.15, 0.2) is 18.2 Å². The lowest BCUT2D eigenvalue weighted by Crippen LogP contribution is -1.94. The highest BCUT2D eigenvalue weighted by Crippen LogP contribution is 2.43. The molecule has 1 aromatic heterocycles. The summed E-state index contributed by atoms with van der Waals surface area (Å²) in [5.41, 5.74) is 1.58. The van der Waals surface area contributed by atoms with Gasteiger partial charge in [0, 0.05) is 16.6 Å². The van der Waals surface area contributed by atoms with Gasteiger partial charge in [0.1, 0.15) is 0 Å². The lowest BCUT2D eigenvalue weighted by Gasteiger charge is -1.96. The molecule has 1 aliphatic rings. The van der Waals surface area contributed by atoms with E-state index in [1.165, 1.54) is 17.8 Å². The monoisotopic (exact) mass is 287 g/mol. The van der Waals surface area contributed by atoms with Crippen molar-refractivity contribution in [1.82, 2.24) is 4.98 Å². The summed E-state index contributed by atoms with van der Waals surface area (Å²) < 4.78 is 23.1. The van der Waals surface area contributed by atoms with Crippen LogP contribution in [0.25, 0.3) is 10.2 Å². The second-order valence-corrected chi connectivity index (χ2v) is 8.15. The summed E-state index contributed by atoms with van der Waals surface area (Å²) in [5, 5.41) is 1.17. The maximum absolute atomic E-state index is 11.0. The van der Waals surface area contributed by atoms with Crippen molar-refractivity contribution in [3.63, 3.8) is 0 Å². The zero-order valence-electron chi connectivity index (χ0n) is 8.89. The van der Waals surface area contributed by atoms with Gasteiger partial charge in [-0.1, -0.05) is 6.07 Å². The van der Waals surface area contributed by atoms with Crippen LogP contribution in [0.3, 0.4) is 0 Å². The molecule has 3 nitrogen and oxygen atoms in total. The first-order chi connectivity index (χ1) is 8.01. The second kappa shape index (κ2) is 3.93. The fraction of sp³-hybridized carbons (Fsp3) is 0.364. The zero-order valence-corrected chi connectivity index (χ0v) is 11.3. The van der Waals surface area contributed by atoms with Gasteiger partial charge in [-0.15, -0.1) is 11.3 Å². The zero-order chi connectivity index (χ0) is 12.0. The van der Waals surface area contributed by atoms with Crippen molar-refractivity contribution in [2.24, 2.45) is 0 Å². The summed E-state index contributed by atoms with van der Waals surface area (Å²) in [4.78, 5) is 4.55. The summed E-state index contributed by atoms with van der Waals surface area (Å²) in [5.74, 6) is 0.494. The predicted octanol–water partition coefficient (Wildman–Crippen LogP) is 3.24. The van der Waals surface area contributed by atoms with E-state index in [4.69, 9.17) is 10.7 Å². The van der Waals surface area contributed by atoms with Gasteiger partial charge in [-0.25, -0.2) is 13.4 Å². The Balaban J connectivity index is 2.00. The molecule has 0 atom stereocenters. The molecule has 1 saturated carbocycles. The molecule has 17 heavy (non-hydrogen) atoms. The van der Waals surface area contributed by atoms with Crippen molar-refractivity contribution < 1.29 is 8.42 Å². The molecule has 0 bridgehead atoms. The Kier molecular flexibility index (Phi) is 2.65. The third kappa shape index (κ3) is 2.61. The molecule has 1 fully saturated rings. The Morgan fingerprint density at radius 1 is 1.41 bits per heavy atom. The average molecular weight is 288 g/mol. The first kappa shape index (κ1) is 11.4. The number of nitrogens with zero attached hydrogens (tertiary/aromatic N) is 1. The van der Waals surface area contributed by atoms with Crippen LogP contribution in [0.2, 0.25) is 0 Å². The SMILES string of the molecule is O=S(=O)(Cl)Cc1ccc2sc(C3CC3)nc2c1. The number of hydrogen-bond donors (Lipinski definition) is 0. The minimum atomic E-state index is -3.50. The third-order valence-corrected chi connectivity index (χ3v) is 4.94. The highest BCUT2D eigenvalue weighted by molar-refractivity contribution is 8.13. The second-order valence-electron chi connectivity index (χ2n) is 4.31. The first-order valence-corrected chi connectivity index (χ1v) is 8.62. The summed E-state index contributed by atoms with van der Waals surface area (Å²) in [7, 11) is 1.74. The minimum absolute atomic E-state index is 0.138. The van der Waals surface area contributed by atoms with E-state index in [-0.39, 0.29) is 5.75 Å². The van der Waals surface area contributed by atoms with Crippen molar-refractivity contribution in [3.8, 4) is 0 Å². The summed E-state index contributed by atoms with van der Waals surface area (Å²) in [6, 6.07) is 5.55. The van der Waals surface area contributed by atoms with Gasteiger partial charge >= 0.3 is 0 Å². The van der Waals surface area contributed by atoms with Crippen molar-refractivity contribution in [3.05, 3.63) is 28.8 Å². The van der Waals surface area contributed by atoms with Crippen LogP contribution in [0, 0.1) is 0 Å². The van der Waals surface area contributed by atoms with Gasteiger partial charge in [0.25, 0.3) is 0 Å². The van der Waals surface area contributed by atoms with Gasteiger partial charge in [-0.05, 0) is 30.5 Å². The van der Waals surface area contributed by atoms with Crippen molar-refractivity contribution in [2.75, 3.05) is 0 Å². The lowest BCUT2D eigenvalue weighted by molar-refractivity contribution is 0.609. The average Bonchev–Trinajstić information content (AvgIpc) is 2.96. The van der Waals surface area contributed by atoms with Crippen molar-refractivity contribution in [2.45, 2.75) is 24.5 Å². The molecule has 1 aliphatic carbocycles. The van der Waals surface area contributed by atoms with Crippen molar-refractivity contribution in [1.29, 1.82) is 0 Å². The van der Waals surface area contributed by atoms with Gasteiger partial charge in [-0.3, -0.25) is 0 Å². The van der Waals surface area contributed by atoms with E-state index in [0.29, 0.717) is 11.5 Å². The number of halogens is 1. The van der Waals surface area contributed by atoms with Crippen LogP contribution in [-0.2, 0) is 14.8 Å². The molecular formula is C11H10ClNO2S2. The molecule has 1 heterocycles. The van der Waals surface area contributed by atoms with Gasteiger partial charge in [0.15, 0.2) is 0 Å². The van der Waals surface area contributed by atoms with Gasteiger partial charge < -0.3 is 0 Å². The summed E-state index contributed by atoms with van der Waals surface area (Å²) in [6.45, 7) is 0. The molecule has 0 amide bonds. The van der Waals surface area contributed by atoms with Crippen molar-refractivity contribution >= 4 is 41.3 Å². The topological polar surface area (TPSA) is 47.0 Å². The summed E-state index contributed by atoms with van der Waals surface area (Å²) >= 11 is 1.70. The molecular weight excluding hydrogens is 278 g/mol. The Morgan fingerprint density at radius 3 is 2.82 bits per heavy atom. The molecule has 0 N–H and O–H groups in total. The van der Waals surface area contributed by atoms with E-state index < -0.39 is 9.05 Å². The number of hydrogen-bond acceptors (Lipinski definition) is 4. The molecule has 3 rings (SSSR count). The van der Waals surface area contributed by atoms with E-state index in [2.05, 4.69) is 4.98 Å². The van der Waals surface area contributed by atoms with Crippen LogP contribution in [0.4, 0.5) is 0 Å². The molecule has 0 radical (unpaired) electrons. The van der Waals surface area contributed by atoms with Crippen LogP contribution in [0.1, 0.15) is 29.3 Å². The largest absolute Gasteiger partial charge is 0.241 e. The van der Waals surface area contributed by atoms with E-state index in [1.807, 2.05) is 12.1 Å². The fourth-order valence-electron chi connectivity index (χ4n) is 1.78. The Labute approximate surface area is 108 Å². The molecule has 90 valence electrons. The molecule has 0 aliphatic heterocycles. The maximum atomic E-state index is 11.0. The summed E-state index contributed by atoms with van der Waals surface area (Å²) in [6.07, 6.45) is 2.45. The molecule has 6 heteroatoms. The number of benzene rings is 1. The van der Waals surface area contributed by atoms with Crippen LogP contribution in [-0.4, -0.2) is 13.4 Å². The highest BCUT2D eigenvalue weighted by Gasteiger charge is 2.27. The standard InChI is InChI=1S/C11H10ClNO2S2/c12-17(14,15)6-7-1-4-10-9(5-7)13-11(16-10)8-2-3-8/h1,4-5,8H,2-3,6H2. The normalized spacial score (nSPS) is 16.5. The number of thiazole rings is 1. The quantitative estimate of drug-likeness (QED) is 0.814. The minimum Gasteiger partial charge on any atom is -0.241 e. The Bertz CT molecular complexity index is 674. The number of rotatable bonds is 3. The molecule has 0 unspecified atom stereocenters. The van der Waals surface area contributed by atoms with E-state index in [0.717, 1.165) is 10.2 Å². The van der Waals surface area contributed by atoms with Gasteiger partial charge in [0.05, 0.1) is 21.0 Å². The number of aromatic nitrogens is 1. The third-order valence-electron chi connectivity index (χ3n) is 2.73. The smallest absolute Gasteiger partial charge is 0.236 e. The van der Waals surface area contributed by atoms with Crippen LogP contribution < -0.4 is 0 Å². The van der Waals surface area contributed by atoms with Gasteiger partial charge in [-0.2, -0.15) is 0 Å². The fourth-order valence-corrected chi connectivity index (χ4v) is 3.86. The van der Waals surface area contributed by atoms with E-state index >= 15 is 0 Å². The highest BCUT2D eigenvalue weighted by atomic mass is 35.7. The maximum Gasteiger partial charge on any atom is 0.236 e. The Morgan fingerprint density at radius 2 is 2.18 bits per heavy atom. The van der Waals surface area contributed by atoms with Gasteiger partial charge in [0.2, 0.25) is 9.05 Å². The molecule has 0 saturated heterocycles.